The molecule has 0 unspecified atom stereocenters. The van der Waals surface area contributed by atoms with E-state index in [9.17, 15) is 9.59 Å². The maximum atomic E-state index is 9.55. The smallest absolute Gasteiger partial charge is 0.328 e. The number of carboxylic acid groups (broad SMARTS) is 2. The second kappa shape index (κ2) is 6.90. The topological polar surface area (TPSA) is 86.6 Å². The summed E-state index contributed by atoms with van der Waals surface area (Å²) in [6.45, 7) is 1.14. The summed E-state index contributed by atoms with van der Waals surface area (Å²) in [4.78, 5) is 19.1. The van der Waals surface area contributed by atoms with Gasteiger partial charge in [0.05, 0.1) is 0 Å². The molecule has 0 atom stereocenters. The van der Waals surface area contributed by atoms with E-state index in [4.69, 9.17) is 10.2 Å². The maximum absolute atomic E-state index is 9.55. The Hall–Kier alpha value is -1.78. The van der Waals surface area contributed by atoms with Gasteiger partial charge in [0.1, 0.15) is 0 Å². The zero-order valence-electron chi connectivity index (χ0n) is 6.93. The lowest BCUT2D eigenvalue weighted by atomic mass is 10.5. The molecule has 0 saturated carbocycles. The van der Waals surface area contributed by atoms with Gasteiger partial charge in [-0.1, -0.05) is 6.08 Å². The predicted molar refractivity (Wildman–Crippen MR) is 46.2 cm³/mol. The highest BCUT2D eigenvalue weighted by Gasteiger charge is 1.88. The SMILES string of the molecule is C1=CNCC1.O=C(O)/C=C\C(=O)O. The molecule has 1 heterocycles. The molecule has 3 N–H and O–H groups in total. The zero-order valence-corrected chi connectivity index (χ0v) is 6.93. The number of carbonyl (C=O) groups is 2. The Morgan fingerprint density at radius 2 is 1.77 bits per heavy atom. The lowest BCUT2D eigenvalue weighted by molar-refractivity contribution is -0.134. The van der Waals surface area contributed by atoms with Gasteiger partial charge in [0.2, 0.25) is 0 Å². The van der Waals surface area contributed by atoms with Crippen LogP contribution in [0.15, 0.2) is 24.4 Å². The van der Waals surface area contributed by atoms with E-state index in [0.717, 1.165) is 6.54 Å². The fourth-order valence-corrected chi connectivity index (χ4v) is 0.559. The summed E-state index contributed by atoms with van der Waals surface area (Å²) in [6.07, 6.45) is 6.44. The molecular weight excluding hydrogens is 174 g/mol. The molecule has 1 aliphatic rings. The summed E-state index contributed by atoms with van der Waals surface area (Å²) in [7, 11) is 0. The van der Waals surface area contributed by atoms with Crippen LogP contribution in [0.4, 0.5) is 0 Å². The molecule has 1 rings (SSSR count). The average molecular weight is 185 g/mol. The highest BCUT2D eigenvalue weighted by molar-refractivity contribution is 5.89. The normalized spacial score (nSPS) is 13.2. The lowest BCUT2D eigenvalue weighted by Gasteiger charge is -1.78. The molecule has 0 saturated heterocycles. The van der Waals surface area contributed by atoms with Crippen LogP contribution in [-0.4, -0.2) is 28.7 Å². The average Bonchev–Trinajstić information content (AvgIpc) is 2.57. The fourth-order valence-electron chi connectivity index (χ4n) is 0.559. The first kappa shape index (κ1) is 11.2. The standard InChI is InChI=1S/C4H7N.C4H4O4/c1-2-4-5-3-1;5-3(6)1-2-4(7)8/h1,3,5H,2,4H2;1-2H,(H,5,6)(H,7,8)/b;2-1-. The van der Waals surface area contributed by atoms with Crippen molar-refractivity contribution >= 4 is 11.9 Å². The third-order valence-corrected chi connectivity index (χ3v) is 1.06. The van der Waals surface area contributed by atoms with Crippen molar-refractivity contribution in [2.24, 2.45) is 0 Å². The first-order valence-electron chi connectivity index (χ1n) is 3.65. The van der Waals surface area contributed by atoms with E-state index in [0.29, 0.717) is 12.2 Å². The highest BCUT2D eigenvalue weighted by Crippen LogP contribution is 1.84. The Morgan fingerprint density at radius 1 is 1.23 bits per heavy atom. The number of hydrogen-bond donors (Lipinski definition) is 3. The Kier molecular flexibility index (Phi) is 5.96. The van der Waals surface area contributed by atoms with Gasteiger partial charge in [0, 0.05) is 18.7 Å². The van der Waals surface area contributed by atoms with Crippen molar-refractivity contribution in [1.29, 1.82) is 0 Å². The van der Waals surface area contributed by atoms with E-state index in [1.54, 1.807) is 0 Å². The van der Waals surface area contributed by atoms with Crippen molar-refractivity contribution in [1.82, 2.24) is 5.32 Å². The van der Waals surface area contributed by atoms with Crippen LogP contribution >= 0.6 is 0 Å². The minimum absolute atomic E-state index is 0.558. The van der Waals surface area contributed by atoms with Gasteiger partial charge in [-0.2, -0.15) is 0 Å². The summed E-state index contributed by atoms with van der Waals surface area (Å²) in [5.41, 5.74) is 0. The molecule has 13 heavy (non-hydrogen) atoms. The van der Waals surface area contributed by atoms with Gasteiger partial charge in [-0.25, -0.2) is 9.59 Å². The molecule has 0 aliphatic carbocycles. The zero-order chi connectivity index (χ0) is 10.1. The van der Waals surface area contributed by atoms with Gasteiger partial charge in [-0.05, 0) is 12.6 Å². The van der Waals surface area contributed by atoms with Crippen molar-refractivity contribution in [2.45, 2.75) is 6.42 Å². The van der Waals surface area contributed by atoms with Gasteiger partial charge in [0.25, 0.3) is 0 Å². The molecule has 0 radical (unpaired) electrons. The Bertz CT molecular complexity index is 210. The van der Waals surface area contributed by atoms with Crippen molar-refractivity contribution in [3.63, 3.8) is 0 Å². The first-order chi connectivity index (χ1) is 6.13. The lowest BCUT2D eigenvalue weighted by Crippen LogP contribution is -1.96. The molecule has 0 aromatic rings. The number of hydrogen-bond acceptors (Lipinski definition) is 3. The van der Waals surface area contributed by atoms with Crippen molar-refractivity contribution in [3.05, 3.63) is 24.4 Å². The third-order valence-electron chi connectivity index (χ3n) is 1.06. The largest absolute Gasteiger partial charge is 0.478 e. The molecular formula is C8H11NO4. The summed E-state index contributed by atoms with van der Waals surface area (Å²) in [5, 5.41) is 18.7. The maximum Gasteiger partial charge on any atom is 0.328 e. The van der Waals surface area contributed by atoms with Crippen LogP contribution in [0.25, 0.3) is 0 Å². The van der Waals surface area contributed by atoms with Crippen LogP contribution in [0.2, 0.25) is 0 Å². The van der Waals surface area contributed by atoms with E-state index in [2.05, 4.69) is 11.4 Å². The number of carboxylic acids is 2. The summed E-state index contributed by atoms with van der Waals surface area (Å²) in [6, 6.07) is 0. The molecule has 0 fully saturated rings. The second-order valence-corrected chi connectivity index (χ2v) is 2.15. The minimum atomic E-state index is -1.26. The van der Waals surface area contributed by atoms with E-state index < -0.39 is 11.9 Å². The molecule has 0 aromatic heterocycles. The monoisotopic (exact) mass is 185 g/mol. The van der Waals surface area contributed by atoms with Crippen LogP contribution in [0.1, 0.15) is 6.42 Å². The van der Waals surface area contributed by atoms with Crippen LogP contribution < -0.4 is 5.32 Å². The highest BCUT2D eigenvalue weighted by atomic mass is 16.4. The Morgan fingerprint density at radius 3 is 1.92 bits per heavy atom. The van der Waals surface area contributed by atoms with Crippen LogP contribution in [-0.2, 0) is 9.59 Å². The second-order valence-electron chi connectivity index (χ2n) is 2.15. The van der Waals surface area contributed by atoms with Crippen LogP contribution in [0, 0.1) is 0 Å². The molecule has 5 heteroatoms. The van der Waals surface area contributed by atoms with Crippen LogP contribution in [0.3, 0.4) is 0 Å². The van der Waals surface area contributed by atoms with E-state index in [-0.39, 0.29) is 0 Å². The number of rotatable bonds is 2. The molecule has 0 bridgehead atoms. The van der Waals surface area contributed by atoms with Gasteiger partial charge < -0.3 is 15.5 Å². The van der Waals surface area contributed by atoms with Gasteiger partial charge in [0.15, 0.2) is 0 Å². The Balaban J connectivity index is 0.000000243. The van der Waals surface area contributed by atoms with E-state index >= 15 is 0 Å². The first-order valence-corrected chi connectivity index (χ1v) is 3.65. The summed E-state index contributed by atoms with van der Waals surface area (Å²) in [5.74, 6) is -2.51. The molecule has 0 amide bonds. The van der Waals surface area contributed by atoms with E-state index in [1.807, 2.05) is 6.20 Å². The predicted octanol–water partition coefficient (Wildman–Crippen LogP) is 0.205. The molecule has 0 spiro atoms. The van der Waals surface area contributed by atoms with Gasteiger partial charge in [-0.15, -0.1) is 0 Å². The van der Waals surface area contributed by atoms with Crippen LogP contribution in [0.5, 0.6) is 0 Å². The fraction of sp³-hybridized carbons (Fsp3) is 0.250. The minimum Gasteiger partial charge on any atom is -0.478 e. The Labute approximate surface area is 75.4 Å². The van der Waals surface area contributed by atoms with Gasteiger partial charge in [-0.3, -0.25) is 0 Å². The third kappa shape index (κ3) is 10.2. The van der Waals surface area contributed by atoms with E-state index in [1.165, 1.54) is 6.42 Å². The van der Waals surface area contributed by atoms with Gasteiger partial charge >= 0.3 is 11.9 Å². The quantitative estimate of drug-likeness (QED) is 0.535. The molecule has 5 nitrogen and oxygen atoms in total. The molecule has 72 valence electrons. The summed E-state index contributed by atoms with van der Waals surface area (Å²) >= 11 is 0. The molecule has 0 aromatic carbocycles. The van der Waals surface area contributed by atoms with Crippen molar-refractivity contribution in [3.8, 4) is 0 Å². The molecule has 1 aliphatic heterocycles. The number of aliphatic carboxylic acids is 2. The number of nitrogens with one attached hydrogen (secondary N) is 1. The summed E-state index contributed by atoms with van der Waals surface area (Å²) < 4.78 is 0. The van der Waals surface area contributed by atoms with Crippen molar-refractivity contribution < 1.29 is 19.8 Å². The van der Waals surface area contributed by atoms with Crippen molar-refractivity contribution in [2.75, 3.05) is 6.54 Å².